The van der Waals surface area contributed by atoms with Gasteiger partial charge in [0.25, 0.3) is 5.56 Å². The van der Waals surface area contributed by atoms with Gasteiger partial charge in [0.05, 0.1) is 17.7 Å². The maximum absolute atomic E-state index is 13.4. The Hall–Kier alpha value is -3.79. The minimum absolute atomic E-state index is 0.0698. The first-order valence-corrected chi connectivity index (χ1v) is 11.7. The van der Waals surface area contributed by atoms with E-state index in [1.165, 1.54) is 12.1 Å². The number of alkyl halides is 2. The second kappa shape index (κ2) is 7.86. The normalized spacial score (nSPS) is 18.7. The Kier molecular flexibility index (Phi) is 4.95. The fraction of sp³-hybridized carbons (Fsp3) is 0.346. The summed E-state index contributed by atoms with van der Waals surface area (Å²) in [6, 6.07) is 9.68. The number of ether oxygens (including phenoxy) is 2. The summed E-state index contributed by atoms with van der Waals surface area (Å²) in [5.41, 5.74) is 1.89. The number of carbonyl (C=O) groups is 1. The van der Waals surface area contributed by atoms with E-state index in [9.17, 15) is 23.5 Å². The van der Waals surface area contributed by atoms with Gasteiger partial charge in [0.15, 0.2) is 11.5 Å². The largest absolute Gasteiger partial charge is 0.586 e. The van der Waals surface area contributed by atoms with Gasteiger partial charge in [0, 0.05) is 23.4 Å². The Balaban J connectivity index is 1.29. The molecular weight excluding hydrogens is 472 g/mol. The predicted molar refractivity (Wildman–Crippen MR) is 125 cm³/mol. The average Bonchev–Trinajstić information content (AvgIpc) is 3.76. The van der Waals surface area contributed by atoms with E-state index in [1.54, 1.807) is 29.0 Å². The number of aromatic nitrogens is 2. The standard InChI is InChI=1S/C26H23F2N3O5/c1-14-2-7-21(29-22(14)15-10-16(13-32)23(33)31(12-15)18-4-5-18)30-24(34)25(8-9-25)17-3-6-19-20(11-17)36-26(27,28)35-19/h2-3,6-7,10-12,18,32H,4-5,8-9,13H2,1H3,(H,29,30,34). The van der Waals surface area contributed by atoms with Crippen LogP contribution in [-0.4, -0.2) is 26.9 Å². The first-order chi connectivity index (χ1) is 17.2. The number of anilines is 1. The zero-order valence-electron chi connectivity index (χ0n) is 19.4. The molecule has 6 rings (SSSR count). The first kappa shape index (κ1) is 22.7. The molecule has 0 spiro atoms. The predicted octanol–water partition coefficient (Wildman–Crippen LogP) is 4.04. The van der Waals surface area contributed by atoms with Crippen molar-refractivity contribution in [3.8, 4) is 22.8 Å². The maximum atomic E-state index is 13.4. The Morgan fingerprint density at radius 1 is 1.17 bits per heavy atom. The molecule has 186 valence electrons. The van der Waals surface area contributed by atoms with E-state index in [0.717, 1.165) is 18.4 Å². The Morgan fingerprint density at radius 3 is 2.61 bits per heavy atom. The van der Waals surface area contributed by atoms with E-state index in [0.29, 0.717) is 41.0 Å². The maximum Gasteiger partial charge on any atom is 0.586 e. The molecule has 0 radical (unpaired) electrons. The Labute approximate surface area is 204 Å². The molecule has 10 heteroatoms. The zero-order chi connectivity index (χ0) is 25.2. The molecule has 0 bridgehead atoms. The number of fused-ring (bicyclic) bond motifs is 1. The Bertz CT molecular complexity index is 1460. The summed E-state index contributed by atoms with van der Waals surface area (Å²) in [5.74, 6) is -0.138. The smallest absolute Gasteiger partial charge is 0.395 e. The summed E-state index contributed by atoms with van der Waals surface area (Å²) in [6.45, 7) is 1.50. The molecule has 1 aliphatic heterocycles. The van der Waals surface area contributed by atoms with Crippen molar-refractivity contribution >= 4 is 11.7 Å². The number of benzene rings is 1. The van der Waals surface area contributed by atoms with Crippen LogP contribution in [0.15, 0.2) is 47.4 Å². The van der Waals surface area contributed by atoms with Gasteiger partial charge in [-0.2, -0.15) is 0 Å². The van der Waals surface area contributed by atoms with Crippen LogP contribution in [0, 0.1) is 6.92 Å². The van der Waals surface area contributed by atoms with Crippen LogP contribution in [0.4, 0.5) is 14.6 Å². The number of pyridine rings is 2. The van der Waals surface area contributed by atoms with E-state index in [2.05, 4.69) is 19.8 Å². The Morgan fingerprint density at radius 2 is 1.92 bits per heavy atom. The number of hydrogen-bond donors (Lipinski definition) is 2. The number of nitrogens with zero attached hydrogens (tertiary/aromatic N) is 2. The van der Waals surface area contributed by atoms with Crippen LogP contribution in [0.5, 0.6) is 11.5 Å². The third kappa shape index (κ3) is 3.81. The van der Waals surface area contributed by atoms with Crippen LogP contribution in [0.1, 0.15) is 48.4 Å². The highest BCUT2D eigenvalue weighted by atomic mass is 19.3. The second-order valence-corrected chi connectivity index (χ2v) is 9.58. The summed E-state index contributed by atoms with van der Waals surface area (Å²) >= 11 is 0. The van der Waals surface area contributed by atoms with E-state index >= 15 is 0 Å². The molecule has 0 unspecified atom stereocenters. The van der Waals surface area contributed by atoms with E-state index in [1.807, 2.05) is 13.0 Å². The number of halogens is 2. The molecule has 1 aromatic carbocycles. The molecule has 2 saturated carbocycles. The number of aryl methyl sites for hydroxylation is 1. The zero-order valence-corrected chi connectivity index (χ0v) is 19.4. The van der Waals surface area contributed by atoms with Crippen LogP contribution in [0.3, 0.4) is 0 Å². The van der Waals surface area contributed by atoms with Crippen molar-refractivity contribution in [3.05, 3.63) is 69.6 Å². The van der Waals surface area contributed by atoms with E-state index in [4.69, 9.17) is 0 Å². The lowest BCUT2D eigenvalue weighted by Gasteiger charge is -2.17. The van der Waals surface area contributed by atoms with Crippen molar-refractivity contribution in [2.45, 2.75) is 57.0 Å². The number of amides is 1. The SMILES string of the molecule is Cc1ccc(NC(=O)C2(c3ccc4c(c3)OC(F)(F)O4)CC2)nc1-c1cc(CO)c(=O)n(C2CC2)c1. The van der Waals surface area contributed by atoms with Crippen LogP contribution in [0.25, 0.3) is 11.3 Å². The van der Waals surface area contributed by atoms with Crippen molar-refractivity contribution in [3.63, 3.8) is 0 Å². The highest BCUT2D eigenvalue weighted by molar-refractivity contribution is 6.01. The first-order valence-electron chi connectivity index (χ1n) is 11.7. The van der Waals surface area contributed by atoms with Gasteiger partial charge in [-0.15, -0.1) is 8.78 Å². The third-order valence-electron chi connectivity index (χ3n) is 6.98. The molecule has 0 atom stereocenters. The van der Waals surface area contributed by atoms with Gasteiger partial charge >= 0.3 is 6.29 Å². The van der Waals surface area contributed by atoms with Gasteiger partial charge in [0.1, 0.15) is 5.82 Å². The molecular formula is C26H23F2N3O5. The number of nitrogens with one attached hydrogen (secondary N) is 1. The summed E-state index contributed by atoms with van der Waals surface area (Å²) in [6.07, 6.45) is 0.969. The number of aliphatic hydroxyl groups excluding tert-OH is 1. The van der Waals surface area contributed by atoms with Crippen molar-refractivity contribution in [1.82, 2.24) is 9.55 Å². The summed E-state index contributed by atoms with van der Waals surface area (Å²) in [7, 11) is 0. The average molecular weight is 495 g/mol. The highest BCUT2D eigenvalue weighted by Crippen LogP contribution is 2.52. The van der Waals surface area contributed by atoms with Gasteiger partial charge in [0.2, 0.25) is 5.91 Å². The quantitative estimate of drug-likeness (QED) is 0.535. The number of rotatable bonds is 6. The monoisotopic (exact) mass is 495 g/mol. The molecule has 2 aliphatic carbocycles. The fourth-order valence-electron chi connectivity index (χ4n) is 4.67. The van der Waals surface area contributed by atoms with Crippen molar-refractivity contribution in [2.75, 3.05) is 5.32 Å². The topological polar surface area (TPSA) is 103 Å². The summed E-state index contributed by atoms with van der Waals surface area (Å²) < 4.78 is 37.5. The van der Waals surface area contributed by atoms with Gasteiger partial charge in [-0.1, -0.05) is 12.1 Å². The molecule has 2 N–H and O–H groups in total. The molecule has 1 amide bonds. The summed E-state index contributed by atoms with van der Waals surface area (Å²) in [5, 5.41) is 12.6. The minimum atomic E-state index is -3.72. The third-order valence-corrected chi connectivity index (χ3v) is 6.98. The molecule has 3 aromatic rings. The number of hydrogen-bond acceptors (Lipinski definition) is 6. The lowest BCUT2D eigenvalue weighted by Crippen LogP contribution is -2.28. The van der Waals surface area contributed by atoms with Gasteiger partial charge in [-0.25, -0.2) is 4.98 Å². The van der Waals surface area contributed by atoms with E-state index in [-0.39, 0.29) is 35.6 Å². The minimum Gasteiger partial charge on any atom is -0.395 e. The van der Waals surface area contributed by atoms with Crippen LogP contribution in [-0.2, 0) is 16.8 Å². The van der Waals surface area contributed by atoms with E-state index < -0.39 is 11.7 Å². The van der Waals surface area contributed by atoms with Crippen molar-refractivity contribution in [1.29, 1.82) is 0 Å². The van der Waals surface area contributed by atoms with Crippen LogP contribution < -0.4 is 20.3 Å². The lowest BCUT2D eigenvalue weighted by atomic mass is 9.94. The molecule has 2 aromatic heterocycles. The fourth-order valence-corrected chi connectivity index (χ4v) is 4.67. The van der Waals surface area contributed by atoms with Crippen molar-refractivity contribution in [2.24, 2.45) is 0 Å². The number of aliphatic hydroxyl groups is 1. The highest BCUT2D eigenvalue weighted by Gasteiger charge is 2.53. The molecule has 3 aliphatic rings. The van der Waals surface area contributed by atoms with Crippen molar-refractivity contribution < 1.29 is 28.2 Å². The van der Waals surface area contributed by atoms with Gasteiger partial charge in [-0.3, -0.25) is 9.59 Å². The lowest BCUT2D eigenvalue weighted by molar-refractivity contribution is -0.286. The molecule has 2 fully saturated rings. The van der Waals surface area contributed by atoms with Crippen LogP contribution in [0.2, 0.25) is 0 Å². The molecule has 3 heterocycles. The van der Waals surface area contributed by atoms with Crippen LogP contribution >= 0.6 is 0 Å². The van der Waals surface area contributed by atoms with Gasteiger partial charge < -0.3 is 24.5 Å². The number of carbonyl (C=O) groups excluding carboxylic acids is 1. The second-order valence-electron chi connectivity index (χ2n) is 9.58. The molecule has 0 saturated heterocycles. The van der Waals surface area contributed by atoms with Gasteiger partial charge in [-0.05, 0) is 68.0 Å². The molecule has 36 heavy (non-hydrogen) atoms. The molecule has 8 nitrogen and oxygen atoms in total. The summed E-state index contributed by atoms with van der Waals surface area (Å²) in [4.78, 5) is 30.5.